The normalized spacial score (nSPS) is 11.9. The molecule has 206 valence electrons. The van der Waals surface area contributed by atoms with Crippen LogP contribution in [0.2, 0.25) is 0 Å². The molecule has 0 aliphatic heterocycles. The van der Waals surface area contributed by atoms with E-state index in [4.69, 9.17) is 15.0 Å². The van der Waals surface area contributed by atoms with Crippen LogP contribution in [-0.4, -0.2) is 28.9 Å². The maximum Gasteiger partial charge on any atom is 0.148 e. The van der Waals surface area contributed by atoms with E-state index in [-0.39, 0.29) is 21.1 Å². The van der Waals surface area contributed by atoms with Gasteiger partial charge in [-0.3, -0.25) is 14.4 Å². The second kappa shape index (κ2) is 10.0. The number of nitrogens with zero attached hydrogens (tertiary/aromatic N) is 6. The van der Waals surface area contributed by atoms with Gasteiger partial charge in [-0.2, -0.15) is 0 Å². The molecule has 0 fully saturated rings. The monoisotopic (exact) mass is 724 g/mol. The Kier molecular flexibility index (Phi) is 6.25. The van der Waals surface area contributed by atoms with Crippen LogP contribution in [0, 0.1) is 6.07 Å². The van der Waals surface area contributed by atoms with Crippen LogP contribution in [0.4, 0.5) is 0 Å². The van der Waals surface area contributed by atoms with Crippen molar-refractivity contribution in [3.63, 3.8) is 0 Å². The second-order valence-corrected chi connectivity index (χ2v) is 10.8. The molecule has 0 bridgehead atoms. The maximum absolute atomic E-state index is 5.29. The Labute approximate surface area is 257 Å². The zero-order valence-electron chi connectivity index (χ0n) is 23.0. The summed E-state index contributed by atoms with van der Waals surface area (Å²) in [5, 5.41) is 0.986. The van der Waals surface area contributed by atoms with Gasteiger partial charge in [0.2, 0.25) is 0 Å². The van der Waals surface area contributed by atoms with Gasteiger partial charge < -0.3 is 4.57 Å². The molecule has 0 saturated heterocycles. The Balaban J connectivity index is 0.00000288. The number of pyridine rings is 3. The molecule has 0 atom stereocenters. The first kappa shape index (κ1) is 26.2. The van der Waals surface area contributed by atoms with Gasteiger partial charge in [0.25, 0.3) is 0 Å². The third-order valence-electron chi connectivity index (χ3n) is 7.97. The van der Waals surface area contributed by atoms with Crippen LogP contribution >= 0.6 is 0 Å². The van der Waals surface area contributed by atoms with Gasteiger partial charge in [-0.1, -0.05) is 44.2 Å². The summed E-state index contributed by atoms with van der Waals surface area (Å²) in [5.41, 5.74) is 9.15. The van der Waals surface area contributed by atoms with Gasteiger partial charge in [0.1, 0.15) is 16.7 Å². The third kappa shape index (κ3) is 3.98. The smallest absolute Gasteiger partial charge is 0.148 e. The largest absolute Gasteiger partial charge is 0.340 e. The van der Waals surface area contributed by atoms with Gasteiger partial charge in [0.15, 0.2) is 0 Å². The first-order valence-corrected chi connectivity index (χ1v) is 13.7. The summed E-state index contributed by atoms with van der Waals surface area (Å²) >= 11 is 0. The van der Waals surface area contributed by atoms with Crippen molar-refractivity contribution in [3.8, 4) is 17.1 Å². The van der Waals surface area contributed by atoms with Gasteiger partial charge in [-0.25, -0.2) is 9.97 Å². The Hall–Kier alpha value is -4.67. The topological polar surface area (TPSA) is 60.9 Å². The Morgan fingerprint density at radius 2 is 1.52 bits per heavy atom. The van der Waals surface area contributed by atoms with Crippen molar-refractivity contribution < 1.29 is 21.1 Å². The Morgan fingerprint density at radius 1 is 0.690 bits per heavy atom. The van der Waals surface area contributed by atoms with Gasteiger partial charge in [0, 0.05) is 61.8 Å². The molecule has 0 aliphatic carbocycles. The van der Waals surface area contributed by atoms with Crippen LogP contribution in [0.15, 0.2) is 116 Å². The van der Waals surface area contributed by atoms with Crippen molar-refractivity contribution >= 4 is 38.6 Å². The molecule has 0 spiro atoms. The van der Waals surface area contributed by atoms with E-state index in [1.807, 2.05) is 61.1 Å². The van der Waals surface area contributed by atoms with Crippen LogP contribution < -0.4 is 0 Å². The number of aromatic nitrogens is 6. The minimum atomic E-state index is -0.429. The van der Waals surface area contributed by atoms with Crippen LogP contribution in [0.5, 0.6) is 0 Å². The standard InChI is InChI=1S/C35H25N6.Pt/c1-35(2,24-11-8-10-23(22-24)33-37-20-21-40(33)25-12-4-3-5-13-25)30-18-17-29-32(39-30)31-26(14-9-19-36-31)34-38-27-15-6-7-16-28(27)41(29)34;/h3-21H,1-2H3;/q-1;. The summed E-state index contributed by atoms with van der Waals surface area (Å²) in [5.74, 6) is 0.852. The predicted molar refractivity (Wildman–Crippen MR) is 163 cm³/mol. The van der Waals surface area contributed by atoms with Crippen molar-refractivity contribution in [1.82, 2.24) is 28.9 Å². The summed E-state index contributed by atoms with van der Waals surface area (Å²) in [6.07, 6.45) is 5.64. The second-order valence-electron chi connectivity index (χ2n) is 10.8. The minimum absolute atomic E-state index is 0. The van der Waals surface area contributed by atoms with Gasteiger partial charge >= 0.3 is 0 Å². The molecular weight excluding hydrogens is 700 g/mol. The average Bonchev–Trinajstić information content (AvgIpc) is 3.67. The summed E-state index contributed by atoms with van der Waals surface area (Å²) < 4.78 is 4.30. The molecule has 7 heteroatoms. The van der Waals surface area contributed by atoms with E-state index in [9.17, 15) is 0 Å². The minimum Gasteiger partial charge on any atom is -0.340 e. The van der Waals surface area contributed by atoms with Crippen LogP contribution in [0.1, 0.15) is 25.1 Å². The summed E-state index contributed by atoms with van der Waals surface area (Å²) in [6.45, 7) is 4.39. The molecule has 0 saturated carbocycles. The van der Waals surface area contributed by atoms with Crippen molar-refractivity contribution in [1.29, 1.82) is 0 Å². The number of benzene rings is 3. The van der Waals surface area contributed by atoms with E-state index in [1.54, 1.807) is 0 Å². The van der Waals surface area contributed by atoms with E-state index in [1.165, 1.54) is 0 Å². The molecular formula is C35H25N6Pt-. The van der Waals surface area contributed by atoms with Crippen molar-refractivity contribution in [2.45, 2.75) is 19.3 Å². The SMILES string of the molecule is CC(C)(c1[c-]c(-c2nccn2-c2ccccc2)ccc1)c1ccc2c(n1)c1ncccc1c1nc3ccccc3n21.[Pt]. The molecule has 3 aromatic carbocycles. The molecule has 5 aromatic heterocycles. The van der Waals surface area contributed by atoms with Crippen LogP contribution in [-0.2, 0) is 26.5 Å². The molecule has 0 aliphatic rings. The molecule has 5 heterocycles. The fourth-order valence-corrected chi connectivity index (χ4v) is 5.78. The maximum atomic E-state index is 5.29. The van der Waals surface area contributed by atoms with Crippen molar-refractivity contribution in [2.75, 3.05) is 0 Å². The quantitative estimate of drug-likeness (QED) is 0.139. The van der Waals surface area contributed by atoms with E-state index < -0.39 is 5.41 Å². The summed E-state index contributed by atoms with van der Waals surface area (Å²) in [7, 11) is 0. The van der Waals surface area contributed by atoms with E-state index in [2.05, 4.69) is 88.5 Å². The van der Waals surface area contributed by atoms with Crippen molar-refractivity contribution in [2.24, 2.45) is 0 Å². The average molecular weight is 725 g/mol. The van der Waals surface area contributed by atoms with Gasteiger partial charge in [-0.15, -0.1) is 35.4 Å². The summed E-state index contributed by atoms with van der Waals surface area (Å²) in [4.78, 5) is 19.7. The van der Waals surface area contributed by atoms with Gasteiger partial charge in [-0.05, 0) is 48.5 Å². The number of para-hydroxylation sites is 3. The number of imidazole rings is 2. The van der Waals surface area contributed by atoms with E-state index in [0.29, 0.717) is 0 Å². The predicted octanol–water partition coefficient (Wildman–Crippen LogP) is 7.56. The Bertz CT molecular complexity index is 2250. The summed E-state index contributed by atoms with van der Waals surface area (Å²) in [6, 6.07) is 36.7. The van der Waals surface area contributed by atoms with Gasteiger partial charge in [0.05, 0.1) is 22.4 Å². The van der Waals surface area contributed by atoms with Crippen LogP contribution in [0.3, 0.4) is 0 Å². The number of hydrogen-bond acceptors (Lipinski definition) is 4. The molecule has 0 unspecified atom stereocenters. The third-order valence-corrected chi connectivity index (χ3v) is 7.97. The zero-order chi connectivity index (χ0) is 27.6. The fraction of sp³-hybridized carbons (Fsp3) is 0.0857. The Morgan fingerprint density at radius 3 is 2.40 bits per heavy atom. The van der Waals surface area contributed by atoms with Crippen LogP contribution in [0.25, 0.3) is 55.7 Å². The molecule has 8 aromatic rings. The molecule has 6 nitrogen and oxygen atoms in total. The number of rotatable bonds is 4. The molecule has 0 amide bonds. The van der Waals surface area contributed by atoms with Crippen molar-refractivity contribution in [3.05, 3.63) is 133 Å². The molecule has 8 rings (SSSR count). The number of hydrogen-bond donors (Lipinski definition) is 0. The van der Waals surface area contributed by atoms with E-state index >= 15 is 0 Å². The number of fused-ring (bicyclic) bond motifs is 8. The zero-order valence-corrected chi connectivity index (χ0v) is 25.2. The van der Waals surface area contributed by atoms with E-state index in [0.717, 1.165) is 66.9 Å². The first-order valence-electron chi connectivity index (χ1n) is 13.7. The fourth-order valence-electron chi connectivity index (χ4n) is 5.78. The molecule has 42 heavy (non-hydrogen) atoms. The molecule has 0 N–H and O–H groups in total. The first-order chi connectivity index (χ1) is 20.1. The molecule has 0 radical (unpaired) electrons.